The molecule has 0 amide bonds. The maximum atomic E-state index is 3.59. The van der Waals surface area contributed by atoms with Gasteiger partial charge in [0.25, 0.3) is 0 Å². The zero-order valence-electron chi connectivity index (χ0n) is 11.0. The molecule has 0 radical (unpaired) electrons. The number of benzene rings is 1. The fourth-order valence-corrected chi connectivity index (χ4v) is 2.74. The lowest BCUT2D eigenvalue weighted by atomic mass is 9.98. The van der Waals surface area contributed by atoms with Gasteiger partial charge in [0.2, 0.25) is 0 Å². The molecular formula is C14H21BrN2. The molecule has 1 N–H and O–H groups in total. The van der Waals surface area contributed by atoms with E-state index >= 15 is 0 Å². The van der Waals surface area contributed by atoms with Crippen LogP contribution in [-0.4, -0.2) is 24.7 Å². The summed E-state index contributed by atoms with van der Waals surface area (Å²) < 4.78 is 1.15. The molecule has 1 aliphatic heterocycles. The molecule has 2 nitrogen and oxygen atoms in total. The summed E-state index contributed by atoms with van der Waals surface area (Å²) >= 11 is 3.57. The van der Waals surface area contributed by atoms with Gasteiger partial charge >= 0.3 is 0 Å². The van der Waals surface area contributed by atoms with Crippen LogP contribution >= 0.6 is 15.9 Å². The van der Waals surface area contributed by atoms with E-state index in [2.05, 4.69) is 72.0 Å². The molecule has 1 heterocycles. The van der Waals surface area contributed by atoms with Gasteiger partial charge in [-0.2, -0.15) is 0 Å². The first-order valence-corrected chi connectivity index (χ1v) is 6.96. The number of aryl methyl sites for hydroxylation is 1. The van der Waals surface area contributed by atoms with Crippen molar-refractivity contribution < 1.29 is 0 Å². The van der Waals surface area contributed by atoms with E-state index in [1.807, 2.05) is 0 Å². The summed E-state index contributed by atoms with van der Waals surface area (Å²) in [5.41, 5.74) is 2.88. The van der Waals surface area contributed by atoms with Crippen molar-refractivity contribution in [3.63, 3.8) is 0 Å². The average molecular weight is 297 g/mol. The van der Waals surface area contributed by atoms with Gasteiger partial charge < -0.3 is 10.2 Å². The number of piperazine rings is 1. The van der Waals surface area contributed by atoms with Crippen LogP contribution in [-0.2, 0) is 0 Å². The Morgan fingerprint density at radius 1 is 1.41 bits per heavy atom. The predicted molar refractivity (Wildman–Crippen MR) is 77.8 cm³/mol. The van der Waals surface area contributed by atoms with E-state index < -0.39 is 0 Å². The summed E-state index contributed by atoms with van der Waals surface area (Å²) in [6.07, 6.45) is 0. The van der Waals surface area contributed by atoms with Crippen LogP contribution in [0.3, 0.4) is 0 Å². The van der Waals surface area contributed by atoms with Crippen LogP contribution in [0.25, 0.3) is 0 Å². The molecule has 1 aliphatic rings. The van der Waals surface area contributed by atoms with Gasteiger partial charge in [-0.05, 0) is 45.4 Å². The zero-order chi connectivity index (χ0) is 12.6. The third-order valence-electron chi connectivity index (χ3n) is 3.45. The van der Waals surface area contributed by atoms with Crippen LogP contribution in [0, 0.1) is 6.92 Å². The van der Waals surface area contributed by atoms with Crippen molar-refractivity contribution in [2.24, 2.45) is 0 Å². The van der Waals surface area contributed by atoms with Crippen molar-refractivity contribution in [3.05, 3.63) is 28.2 Å². The standard InChI is InChI=1S/C14H21BrN2/c1-10-5-6-12(15)7-13(10)17-9-14(3,4)16-8-11(17)2/h5-7,11,16H,8-9H2,1-4H3. The third kappa shape index (κ3) is 2.83. The fourth-order valence-electron chi connectivity index (χ4n) is 2.39. The first-order valence-electron chi connectivity index (χ1n) is 6.17. The van der Waals surface area contributed by atoms with Gasteiger partial charge in [-0.1, -0.05) is 22.0 Å². The predicted octanol–water partition coefficient (Wildman–Crippen LogP) is 3.33. The van der Waals surface area contributed by atoms with E-state index in [-0.39, 0.29) is 5.54 Å². The van der Waals surface area contributed by atoms with Crippen molar-refractivity contribution in [2.45, 2.75) is 39.3 Å². The Balaban J connectivity index is 2.34. The molecule has 3 heteroatoms. The van der Waals surface area contributed by atoms with E-state index in [4.69, 9.17) is 0 Å². The minimum Gasteiger partial charge on any atom is -0.365 e. The Bertz CT molecular complexity index is 415. The summed E-state index contributed by atoms with van der Waals surface area (Å²) in [5, 5.41) is 3.59. The van der Waals surface area contributed by atoms with Crippen LogP contribution in [0.2, 0.25) is 0 Å². The highest BCUT2D eigenvalue weighted by Gasteiger charge is 2.30. The van der Waals surface area contributed by atoms with E-state index in [0.29, 0.717) is 6.04 Å². The molecule has 0 saturated carbocycles. The largest absolute Gasteiger partial charge is 0.365 e. The molecule has 0 bridgehead atoms. The Hall–Kier alpha value is -0.540. The van der Waals surface area contributed by atoms with Crippen molar-refractivity contribution >= 4 is 21.6 Å². The highest BCUT2D eigenvalue weighted by molar-refractivity contribution is 9.10. The molecular weight excluding hydrogens is 276 g/mol. The second kappa shape index (κ2) is 4.62. The highest BCUT2D eigenvalue weighted by atomic mass is 79.9. The van der Waals surface area contributed by atoms with Gasteiger partial charge in [0.15, 0.2) is 0 Å². The molecule has 94 valence electrons. The Kier molecular flexibility index (Phi) is 3.50. The van der Waals surface area contributed by atoms with Gasteiger partial charge in [0.1, 0.15) is 0 Å². The van der Waals surface area contributed by atoms with Gasteiger partial charge in [-0.15, -0.1) is 0 Å². The fraction of sp³-hybridized carbons (Fsp3) is 0.571. The lowest BCUT2D eigenvalue weighted by Gasteiger charge is -2.45. The van der Waals surface area contributed by atoms with Crippen molar-refractivity contribution in [1.82, 2.24) is 5.32 Å². The number of hydrogen-bond donors (Lipinski definition) is 1. The van der Waals surface area contributed by atoms with Crippen LogP contribution in [0.5, 0.6) is 0 Å². The Morgan fingerprint density at radius 2 is 2.12 bits per heavy atom. The Morgan fingerprint density at radius 3 is 2.82 bits per heavy atom. The van der Waals surface area contributed by atoms with E-state index in [0.717, 1.165) is 17.6 Å². The molecule has 1 atom stereocenters. The number of hydrogen-bond acceptors (Lipinski definition) is 2. The summed E-state index contributed by atoms with van der Waals surface area (Å²) in [6, 6.07) is 7.06. The van der Waals surface area contributed by atoms with Crippen molar-refractivity contribution in [3.8, 4) is 0 Å². The molecule has 1 aromatic carbocycles. The monoisotopic (exact) mass is 296 g/mol. The molecule has 1 saturated heterocycles. The highest BCUT2D eigenvalue weighted by Crippen LogP contribution is 2.29. The van der Waals surface area contributed by atoms with Crippen LogP contribution in [0.1, 0.15) is 26.3 Å². The molecule has 1 fully saturated rings. The topological polar surface area (TPSA) is 15.3 Å². The Labute approximate surface area is 113 Å². The number of halogens is 1. The number of nitrogens with zero attached hydrogens (tertiary/aromatic N) is 1. The molecule has 1 aromatic rings. The first kappa shape index (κ1) is 12.9. The lowest BCUT2D eigenvalue weighted by Crippen LogP contribution is -2.61. The molecule has 0 aromatic heterocycles. The quantitative estimate of drug-likeness (QED) is 0.855. The van der Waals surface area contributed by atoms with Gasteiger partial charge in [-0.25, -0.2) is 0 Å². The lowest BCUT2D eigenvalue weighted by molar-refractivity contribution is 0.318. The van der Waals surface area contributed by atoms with Gasteiger partial charge in [0.05, 0.1) is 0 Å². The minimum atomic E-state index is 0.182. The molecule has 1 unspecified atom stereocenters. The minimum absolute atomic E-state index is 0.182. The van der Waals surface area contributed by atoms with Crippen LogP contribution in [0.4, 0.5) is 5.69 Å². The van der Waals surface area contributed by atoms with Crippen molar-refractivity contribution in [2.75, 3.05) is 18.0 Å². The molecule has 0 aliphatic carbocycles. The maximum Gasteiger partial charge on any atom is 0.0410 e. The van der Waals surface area contributed by atoms with Gasteiger partial charge in [0, 0.05) is 34.8 Å². The zero-order valence-corrected chi connectivity index (χ0v) is 12.6. The van der Waals surface area contributed by atoms with Gasteiger partial charge in [-0.3, -0.25) is 0 Å². The molecule has 17 heavy (non-hydrogen) atoms. The number of nitrogens with one attached hydrogen (secondary N) is 1. The second-order valence-corrected chi connectivity index (χ2v) is 6.59. The average Bonchev–Trinajstić information content (AvgIpc) is 2.25. The second-order valence-electron chi connectivity index (χ2n) is 5.67. The van der Waals surface area contributed by atoms with E-state index in [9.17, 15) is 0 Å². The van der Waals surface area contributed by atoms with Crippen LogP contribution < -0.4 is 10.2 Å². The third-order valence-corrected chi connectivity index (χ3v) is 3.95. The molecule has 2 rings (SSSR count). The number of anilines is 1. The first-order chi connectivity index (χ1) is 7.89. The summed E-state index contributed by atoms with van der Waals surface area (Å²) in [7, 11) is 0. The van der Waals surface area contributed by atoms with Crippen molar-refractivity contribution in [1.29, 1.82) is 0 Å². The van der Waals surface area contributed by atoms with E-state index in [1.54, 1.807) is 0 Å². The summed E-state index contributed by atoms with van der Waals surface area (Å²) in [4.78, 5) is 2.51. The SMILES string of the molecule is Cc1ccc(Br)cc1N1CC(C)(C)NCC1C. The summed E-state index contributed by atoms with van der Waals surface area (Å²) in [6.45, 7) is 11.1. The molecule has 0 spiro atoms. The maximum absolute atomic E-state index is 3.59. The number of rotatable bonds is 1. The van der Waals surface area contributed by atoms with E-state index in [1.165, 1.54) is 11.3 Å². The summed E-state index contributed by atoms with van der Waals surface area (Å²) in [5.74, 6) is 0. The normalized spacial score (nSPS) is 23.8. The smallest absolute Gasteiger partial charge is 0.0410 e. The van der Waals surface area contributed by atoms with Crippen LogP contribution in [0.15, 0.2) is 22.7 Å².